The molecule has 1 aromatic carbocycles. The molecule has 0 bridgehead atoms. The third kappa shape index (κ3) is 4.00. The fourth-order valence-corrected chi connectivity index (χ4v) is 2.79. The maximum absolute atomic E-state index is 12.2. The van der Waals surface area contributed by atoms with Gasteiger partial charge < -0.3 is 5.11 Å². The number of fused-ring (bicyclic) bond motifs is 1. The number of hydrogen-bond donors (Lipinski definition) is 1. The summed E-state index contributed by atoms with van der Waals surface area (Å²) >= 11 is 5.92. The number of nitrogens with zero attached hydrogens (tertiary/aromatic N) is 3. The molecule has 0 amide bonds. The van der Waals surface area contributed by atoms with E-state index in [-0.39, 0.29) is 12.2 Å². The van der Waals surface area contributed by atoms with E-state index >= 15 is 0 Å². The Morgan fingerprint density at radius 2 is 1.92 bits per heavy atom. The van der Waals surface area contributed by atoms with E-state index in [1.807, 2.05) is 30.3 Å². The molecule has 3 aromatic rings. The van der Waals surface area contributed by atoms with E-state index in [9.17, 15) is 9.90 Å². The van der Waals surface area contributed by atoms with Crippen molar-refractivity contribution < 1.29 is 5.11 Å². The van der Waals surface area contributed by atoms with Crippen molar-refractivity contribution in [2.75, 3.05) is 13.2 Å². The zero-order chi connectivity index (χ0) is 16.9. The number of rotatable bonds is 6. The fraction of sp³-hybridized carbons (Fsp3) is 0.222. The van der Waals surface area contributed by atoms with Gasteiger partial charge in [0.1, 0.15) is 5.65 Å². The molecule has 124 valence electrons. The van der Waals surface area contributed by atoms with Crippen molar-refractivity contribution in [3.63, 3.8) is 0 Å². The summed E-state index contributed by atoms with van der Waals surface area (Å²) in [7, 11) is 0. The number of aliphatic hydroxyl groups is 1. The van der Waals surface area contributed by atoms with Crippen LogP contribution in [0.2, 0.25) is 5.02 Å². The molecule has 0 fully saturated rings. The van der Waals surface area contributed by atoms with Gasteiger partial charge in [-0.1, -0.05) is 41.9 Å². The molecule has 0 radical (unpaired) electrons. The van der Waals surface area contributed by atoms with E-state index in [4.69, 9.17) is 11.6 Å². The van der Waals surface area contributed by atoms with Gasteiger partial charge >= 0.3 is 0 Å². The molecule has 6 heteroatoms. The van der Waals surface area contributed by atoms with Gasteiger partial charge in [0.05, 0.1) is 17.3 Å². The van der Waals surface area contributed by atoms with Crippen LogP contribution in [0.5, 0.6) is 0 Å². The minimum absolute atomic E-state index is 0.0506. The van der Waals surface area contributed by atoms with E-state index in [0.29, 0.717) is 36.0 Å². The Hall–Kier alpha value is -2.21. The van der Waals surface area contributed by atoms with Gasteiger partial charge in [-0.25, -0.2) is 4.98 Å². The summed E-state index contributed by atoms with van der Waals surface area (Å²) in [6.07, 6.45) is 1.56. The highest BCUT2D eigenvalue weighted by Gasteiger charge is 2.10. The Bertz CT molecular complexity index is 880. The second kappa shape index (κ2) is 7.57. The van der Waals surface area contributed by atoms with Crippen LogP contribution in [0.25, 0.3) is 5.65 Å². The Morgan fingerprint density at radius 3 is 2.67 bits per heavy atom. The average Bonchev–Trinajstić information content (AvgIpc) is 2.57. The quantitative estimate of drug-likeness (QED) is 0.746. The third-order valence-electron chi connectivity index (χ3n) is 3.73. The average molecular weight is 344 g/mol. The van der Waals surface area contributed by atoms with Gasteiger partial charge in [-0.2, -0.15) is 0 Å². The van der Waals surface area contributed by atoms with Gasteiger partial charge in [-0.05, 0) is 17.7 Å². The molecule has 0 atom stereocenters. The molecular weight excluding hydrogens is 326 g/mol. The zero-order valence-electron chi connectivity index (χ0n) is 13.1. The summed E-state index contributed by atoms with van der Waals surface area (Å²) in [6.45, 7) is 1.73. The number of pyridine rings is 1. The van der Waals surface area contributed by atoms with Crippen LogP contribution in [0.1, 0.15) is 11.3 Å². The second-order valence-corrected chi connectivity index (χ2v) is 6.02. The molecule has 3 rings (SSSR count). The summed E-state index contributed by atoms with van der Waals surface area (Å²) < 4.78 is 1.43. The highest BCUT2D eigenvalue weighted by molar-refractivity contribution is 6.30. The SMILES string of the molecule is O=c1cc(CN(CCO)Cc2ccccc2)nc2ccc(Cl)cn12. The van der Waals surface area contributed by atoms with E-state index in [1.54, 1.807) is 18.3 Å². The van der Waals surface area contributed by atoms with Gasteiger partial charge in [-0.3, -0.25) is 14.1 Å². The van der Waals surface area contributed by atoms with E-state index in [0.717, 1.165) is 5.56 Å². The maximum Gasteiger partial charge on any atom is 0.258 e. The van der Waals surface area contributed by atoms with Gasteiger partial charge in [0.15, 0.2) is 0 Å². The Balaban J connectivity index is 1.85. The van der Waals surface area contributed by atoms with Crippen LogP contribution in [-0.2, 0) is 13.1 Å². The highest BCUT2D eigenvalue weighted by atomic mass is 35.5. The minimum atomic E-state index is -0.166. The fourth-order valence-electron chi connectivity index (χ4n) is 2.63. The minimum Gasteiger partial charge on any atom is -0.395 e. The predicted octanol–water partition coefficient (Wildman–Crippen LogP) is 2.34. The molecule has 2 aromatic heterocycles. The van der Waals surface area contributed by atoms with Crippen LogP contribution < -0.4 is 5.56 Å². The van der Waals surface area contributed by atoms with Crippen molar-refractivity contribution in [1.29, 1.82) is 0 Å². The number of halogens is 1. The molecule has 2 heterocycles. The molecule has 0 aliphatic heterocycles. The first-order chi connectivity index (χ1) is 11.7. The normalized spacial score (nSPS) is 11.3. The van der Waals surface area contributed by atoms with Gasteiger partial charge in [0.25, 0.3) is 5.56 Å². The van der Waals surface area contributed by atoms with Crippen molar-refractivity contribution in [3.05, 3.63) is 81.4 Å². The number of benzene rings is 1. The van der Waals surface area contributed by atoms with Crippen molar-refractivity contribution in [3.8, 4) is 0 Å². The molecule has 0 saturated carbocycles. The van der Waals surface area contributed by atoms with Crippen LogP contribution in [-0.4, -0.2) is 32.5 Å². The Morgan fingerprint density at radius 1 is 1.12 bits per heavy atom. The first-order valence-electron chi connectivity index (χ1n) is 7.71. The summed E-state index contributed by atoms with van der Waals surface area (Å²) in [5, 5.41) is 9.80. The summed E-state index contributed by atoms with van der Waals surface area (Å²) in [4.78, 5) is 18.8. The van der Waals surface area contributed by atoms with Crippen molar-refractivity contribution in [2.24, 2.45) is 0 Å². The molecule has 5 nitrogen and oxygen atoms in total. The van der Waals surface area contributed by atoms with Crippen molar-refractivity contribution in [1.82, 2.24) is 14.3 Å². The first-order valence-corrected chi connectivity index (χ1v) is 8.08. The second-order valence-electron chi connectivity index (χ2n) is 5.58. The van der Waals surface area contributed by atoms with Crippen molar-refractivity contribution >= 4 is 17.2 Å². The smallest absolute Gasteiger partial charge is 0.258 e. The van der Waals surface area contributed by atoms with Crippen LogP contribution in [0.3, 0.4) is 0 Å². The van der Waals surface area contributed by atoms with Crippen molar-refractivity contribution in [2.45, 2.75) is 13.1 Å². The summed E-state index contributed by atoms with van der Waals surface area (Å²) in [5.41, 5.74) is 2.22. The third-order valence-corrected chi connectivity index (χ3v) is 3.95. The zero-order valence-corrected chi connectivity index (χ0v) is 13.9. The van der Waals surface area contributed by atoms with Crippen LogP contribution >= 0.6 is 11.6 Å². The lowest BCUT2D eigenvalue weighted by Crippen LogP contribution is -2.27. The molecule has 1 N–H and O–H groups in total. The largest absolute Gasteiger partial charge is 0.395 e. The van der Waals surface area contributed by atoms with E-state index in [2.05, 4.69) is 9.88 Å². The van der Waals surface area contributed by atoms with Gasteiger partial charge in [0, 0.05) is 31.9 Å². The lowest BCUT2D eigenvalue weighted by Gasteiger charge is -2.21. The molecule has 24 heavy (non-hydrogen) atoms. The van der Waals surface area contributed by atoms with E-state index in [1.165, 1.54) is 10.5 Å². The van der Waals surface area contributed by atoms with Gasteiger partial charge in [0.2, 0.25) is 0 Å². The number of hydrogen-bond acceptors (Lipinski definition) is 4. The van der Waals surface area contributed by atoms with Crippen LogP contribution in [0.4, 0.5) is 0 Å². The number of aliphatic hydroxyl groups excluding tert-OH is 1. The standard InChI is InChI=1S/C18H18ClN3O2/c19-15-6-7-17-20-16(10-18(24)22(17)12-15)13-21(8-9-23)11-14-4-2-1-3-5-14/h1-7,10,12,23H,8-9,11,13H2. The Labute approximate surface area is 144 Å². The Kier molecular flexibility index (Phi) is 5.25. The first kappa shape index (κ1) is 16.6. The molecular formula is C18H18ClN3O2. The lowest BCUT2D eigenvalue weighted by atomic mass is 10.2. The monoisotopic (exact) mass is 343 g/mol. The highest BCUT2D eigenvalue weighted by Crippen LogP contribution is 2.11. The molecule has 0 unspecified atom stereocenters. The molecule has 0 aliphatic carbocycles. The summed E-state index contributed by atoms with van der Waals surface area (Å²) in [6, 6.07) is 15.0. The molecule has 0 spiro atoms. The van der Waals surface area contributed by atoms with Crippen LogP contribution in [0.15, 0.2) is 59.5 Å². The molecule has 0 saturated heterocycles. The molecule has 0 aliphatic rings. The number of aromatic nitrogens is 2. The van der Waals surface area contributed by atoms with E-state index < -0.39 is 0 Å². The van der Waals surface area contributed by atoms with Gasteiger partial charge in [-0.15, -0.1) is 0 Å². The summed E-state index contributed by atoms with van der Waals surface area (Å²) in [5.74, 6) is 0. The predicted molar refractivity (Wildman–Crippen MR) is 94.1 cm³/mol. The topological polar surface area (TPSA) is 57.8 Å². The van der Waals surface area contributed by atoms with Crippen LogP contribution in [0, 0.1) is 0 Å². The lowest BCUT2D eigenvalue weighted by molar-refractivity contribution is 0.183. The maximum atomic E-state index is 12.2.